The summed E-state index contributed by atoms with van der Waals surface area (Å²) in [6, 6.07) is 6.99. The van der Waals surface area contributed by atoms with Crippen molar-refractivity contribution in [3.05, 3.63) is 70.1 Å². The number of carbonyl (C=O) groups is 2. The molecule has 2 aromatic carbocycles. The highest BCUT2D eigenvalue weighted by atomic mass is 32.2. The van der Waals surface area contributed by atoms with Crippen molar-refractivity contribution >= 4 is 40.6 Å². The van der Waals surface area contributed by atoms with E-state index in [2.05, 4.69) is 15.6 Å². The molecule has 2 aromatic rings. The quantitative estimate of drug-likeness (QED) is 0.459. The van der Waals surface area contributed by atoms with Gasteiger partial charge >= 0.3 is 18.4 Å². The number of hydrogen-bond acceptors (Lipinski definition) is 3. The van der Waals surface area contributed by atoms with Gasteiger partial charge in [0, 0.05) is 5.69 Å². The number of alkyl halides is 6. The van der Waals surface area contributed by atoms with E-state index >= 15 is 0 Å². The summed E-state index contributed by atoms with van der Waals surface area (Å²) in [5.41, 5.74) is -1.30. The molecule has 1 aliphatic rings. The Balaban J connectivity index is 1.60. The number of benzene rings is 2. The summed E-state index contributed by atoms with van der Waals surface area (Å²) < 4.78 is 75.4. The monoisotopic (exact) mass is 459 g/mol. The number of aliphatic imine (C=N–C) groups is 1. The number of halogens is 6. The summed E-state index contributed by atoms with van der Waals surface area (Å²) in [5.74, 6) is -0.699. The zero-order chi connectivity index (χ0) is 22.8. The molecule has 0 unspecified atom stereocenters. The third kappa shape index (κ3) is 5.87. The molecule has 31 heavy (non-hydrogen) atoms. The third-order valence-electron chi connectivity index (χ3n) is 3.85. The van der Waals surface area contributed by atoms with Crippen molar-refractivity contribution in [1.29, 1.82) is 0 Å². The first-order valence-electron chi connectivity index (χ1n) is 8.37. The van der Waals surface area contributed by atoms with Crippen LogP contribution in [0.15, 0.2) is 58.4 Å². The second kappa shape index (κ2) is 8.46. The lowest BCUT2D eigenvalue weighted by Crippen LogP contribution is -2.31. The number of urea groups is 1. The van der Waals surface area contributed by atoms with Crippen LogP contribution >= 0.6 is 11.8 Å². The maximum atomic E-state index is 12.6. The summed E-state index contributed by atoms with van der Waals surface area (Å²) in [6.07, 6.45) is -7.67. The lowest BCUT2D eigenvalue weighted by Gasteiger charge is -2.09. The average Bonchev–Trinajstić information content (AvgIpc) is 2.99. The highest BCUT2D eigenvalue weighted by Gasteiger charge is 2.31. The van der Waals surface area contributed by atoms with E-state index in [0.29, 0.717) is 5.56 Å². The summed E-state index contributed by atoms with van der Waals surface area (Å²) in [6.45, 7) is 0. The zero-order valence-electron chi connectivity index (χ0n) is 15.1. The molecule has 0 radical (unpaired) electrons. The molecular weight excluding hydrogens is 448 g/mol. The van der Waals surface area contributed by atoms with Crippen LogP contribution in [-0.4, -0.2) is 17.1 Å². The van der Waals surface area contributed by atoms with Gasteiger partial charge in [-0.1, -0.05) is 12.1 Å². The number of carbonyl (C=O) groups excluding carboxylic acids is 2. The van der Waals surface area contributed by atoms with E-state index in [0.717, 1.165) is 48.2 Å². The second-order valence-electron chi connectivity index (χ2n) is 6.11. The van der Waals surface area contributed by atoms with Crippen LogP contribution in [0.1, 0.15) is 16.7 Å². The molecule has 3 rings (SSSR count). The fourth-order valence-corrected chi connectivity index (χ4v) is 3.19. The predicted octanol–water partition coefficient (Wildman–Crippen LogP) is 5.52. The molecule has 0 aromatic heterocycles. The lowest BCUT2D eigenvalue weighted by molar-refractivity contribution is -0.138. The molecular formula is C19H11F6N3O2S. The van der Waals surface area contributed by atoms with Crippen molar-refractivity contribution in [2.24, 2.45) is 4.99 Å². The Labute approximate surface area is 175 Å². The Kier molecular flexibility index (Phi) is 6.11. The van der Waals surface area contributed by atoms with E-state index < -0.39 is 35.4 Å². The number of rotatable bonds is 2. The van der Waals surface area contributed by atoms with Crippen LogP contribution in [-0.2, 0) is 17.1 Å². The number of nitrogens with one attached hydrogen (secondary N) is 2. The maximum absolute atomic E-state index is 12.6. The number of nitrogens with zero attached hydrogens (tertiary/aromatic N) is 1. The van der Waals surface area contributed by atoms with Gasteiger partial charge in [0.05, 0.1) is 16.0 Å². The fourth-order valence-electron chi connectivity index (χ4n) is 2.38. The van der Waals surface area contributed by atoms with E-state index in [1.54, 1.807) is 0 Å². The molecule has 5 nitrogen and oxygen atoms in total. The van der Waals surface area contributed by atoms with Crippen molar-refractivity contribution in [2.75, 3.05) is 5.32 Å². The minimum atomic E-state index is -4.51. The van der Waals surface area contributed by atoms with Crippen LogP contribution in [0, 0.1) is 0 Å². The number of hydrogen-bond donors (Lipinski definition) is 2. The zero-order valence-corrected chi connectivity index (χ0v) is 16.0. The summed E-state index contributed by atoms with van der Waals surface area (Å²) in [5, 5.41) is 4.49. The highest BCUT2D eigenvalue weighted by molar-refractivity contribution is 8.18. The van der Waals surface area contributed by atoms with Gasteiger partial charge in [0.2, 0.25) is 0 Å². The Morgan fingerprint density at radius 2 is 1.35 bits per heavy atom. The van der Waals surface area contributed by atoms with E-state index in [4.69, 9.17) is 0 Å². The molecule has 0 aliphatic carbocycles. The van der Waals surface area contributed by atoms with Crippen molar-refractivity contribution in [3.63, 3.8) is 0 Å². The first-order chi connectivity index (χ1) is 14.4. The summed E-state index contributed by atoms with van der Waals surface area (Å²) in [4.78, 5) is 27.6. The van der Waals surface area contributed by atoms with E-state index in [9.17, 15) is 35.9 Å². The normalized spacial score (nSPS) is 15.7. The average molecular weight is 459 g/mol. The molecule has 12 heteroatoms. The van der Waals surface area contributed by atoms with Crippen molar-refractivity contribution in [2.45, 2.75) is 12.4 Å². The molecule has 162 valence electrons. The van der Waals surface area contributed by atoms with Gasteiger partial charge < -0.3 is 5.32 Å². The molecule has 1 heterocycles. The van der Waals surface area contributed by atoms with Gasteiger partial charge in [-0.25, -0.2) is 4.79 Å². The molecule has 0 saturated heterocycles. The predicted molar refractivity (Wildman–Crippen MR) is 103 cm³/mol. The lowest BCUT2D eigenvalue weighted by atomic mass is 10.1. The van der Waals surface area contributed by atoms with Crippen LogP contribution in [0.4, 0.5) is 36.8 Å². The molecule has 0 spiro atoms. The number of anilines is 1. The van der Waals surface area contributed by atoms with Crippen LogP contribution in [0.3, 0.4) is 0 Å². The maximum Gasteiger partial charge on any atom is 0.416 e. The number of amidine groups is 1. The van der Waals surface area contributed by atoms with Crippen molar-refractivity contribution in [1.82, 2.24) is 5.32 Å². The molecule has 1 aliphatic heterocycles. The standard InChI is InChI=1S/C19H11F6N3O2S/c20-18(21,22)11-3-1-10(2-4-11)9-14-15(29)27-17(31-14)28-16(30)26-13-7-5-12(6-8-13)19(23,24)25/h1-9H,(H2,26,27,28,29,30)/b14-9-. The smallest absolute Gasteiger partial charge is 0.308 e. The first kappa shape index (κ1) is 22.4. The molecule has 0 bridgehead atoms. The second-order valence-corrected chi connectivity index (χ2v) is 7.14. The highest BCUT2D eigenvalue weighted by Crippen LogP contribution is 2.32. The van der Waals surface area contributed by atoms with Gasteiger partial charge in [-0.3, -0.25) is 10.1 Å². The number of amides is 3. The third-order valence-corrected chi connectivity index (χ3v) is 4.75. The Hall–Kier alpha value is -3.28. The van der Waals surface area contributed by atoms with Gasteiger partial charge in [0.15, 0.2) is 5.17 Å². The Morgan fingerprint density at radius 1 is 0.839 bits per heavy atom. The van der Waals surface area contributed by atoms with Crippen LogP contribution in [0.25, 0.3) is 6.08 Å². The van der Waals surface area contributed by atoms with Crippen LogP contribution in [0.5, 0.6) is 0 Å². The largest absolute Gasteiger partial charge is 0.416 e. The van der Waals surface area contributed by atoms with E-state index in [1.165, 1.54) is 18.2 Å². The van der Waals surface area contributed by atoms with Crippen molar-refractivity contribution in [3.8, 4) is 0 Å². The van der Waals surface area contributed by atoms with E-state index in [-0.39, 0.29) is 15.8 Å². The molecule has 0 atom stereocenters. The summed E-state index contributed by atoms with van der Waals surface area (Å²) >= 11 is 0.787. The fraction of sp³-hybridized carbons (Fsp3) is 0.105. The Bertz CT molecular complexity index is 1060. The minimum absolute atomic E-state index is 0.0737. The molecule has 0 fully saturated rings. The number of thioether (sulfide) groups is 1. The SMILES string of the molecule is O=C(NC1=NC(=O)/C(=C/c2ccc(C(F)(F)F)cc2)S1)Nc1ccc(C(F)(F)F)cc1. The van der Waals surface area contributed by atoms with Gasteiger partial charge in [0.1, 0.15) is 0 Å². The van der Waals surface area contributed by atoms with E-state index in [1.807, 2.05) is 0 Å². The van der Waals surface area contributed by atoms with Gasteiger partial charge in [-0.05, 0) is 59.8 Å². The molecule has 0 saturated carbocycles. The molecule has 3 amide bonds. The topological polar surface area (TPSA) is 70.6 Å². The molecule has 2 N–H and O–H groups in total. The van der Waals surface area contributed by atoms with Gasteiger partial charge in [-0.2, -0.15) is 31.3 Å². The van der Waals surface area contributed by atoms with Gasteiger partial charge in [-0.15, -0.1) is 0 Å². The summed E-state index contributed by atoms with van der Waals surface area (Å²) in [7, 11) is 0. The first-order valence-corrected chi connectivity index (χ1v) is 9.18. The van der Waals surface area contributed by atoms with Crippen molar-refractivity contribution < 1.29 is 35.9 Å². The van der Waals surface area contributed by atoms with Crippen LogP contribution in [0.2, 0.25) is 0 Å². The minimum Gasteiger partial charge on any atom is -0.308 e. The van der Waals surface area contributed by atoms with Gasteiger partial charge in [0.25, 0.3) is 5.91 Å². The van der Waals surface area contributed by atoms with Crippen LogP contribution < -0.4 is 10.6 Å². The Morgan fingerprint density at radius 3 is 1.87 bits per heavy atom.